The largest absolute Gasteiger partial charge is 0.496 e. The first-order valence-electron chi connectivity index (χ1n) is 12.0. The predicted molar refractivity (Wildman–Crippen MR) is 124 cm³/mol. The van der Waals surface area contributed by atoms with Crippen LogP contribution in [0.2, 0.25) is 0 Å². The van der Waals surface area contributed by atoms with E-state index in [1.165, 1.54) is 0 Å². The number of aromatic nitrogens is 1. The van der Waals surface area contributed by atoms with Gasteiger partial charge in [-0.15, -0.1) is 0 Å². The molecule has 6 rings (SSSR count). The summed E-state index contributed by atoms with van der Waals surface area (Å²) in [5.41, 5.74) is 1.22. The summed E-state index contributed by atoms with van der Waals surface area (Å²) < 4.78 is 5.42. The number of nitriles is 1. The zero-order valence-electron chi connectivity index (χ0n) is 19.2. The number of methoxy groups -OCH3 is 1. The highest BCUT2D eigenvalue weighted by Gasteiger charge is 2.48. The van der Waals surface area contributed by atoms with Crippen LogP contribution in [0.3, 0.4) is 0 Å². The number of H-pyrrole nitrogens is 1. The molecular formula is C25H29N5O4. The summed E-state index contributed by atoms with van der Waals surface area (Å²) in [6.45, 7) is 0.597. The van der Waals surface area contributed by atoms with Crippen molar-refractivity contribution in [1.82, 2.24) is 20.5 Å². The van der Waals surface area contributed by atoms with Crippen LogP contribution in [0.4, 0.5) is 0 Å². The third-order valence-corrected chi connectivity index (χ3v) is 7.61. The highest BCUT2D eigenvalue weighted by atomic mass is 16.5. The number of ether oxygens (including phenoxy) is 1. The second-order valence-electron chi connectivity index (χ2n) is 9.53. The first-order chi connectivity index (χ1) is 16.5. The minimum atomic E-state index is -0.768. The third-order valence-electron chi connectivity index (χ3n) is 7.61. The van der Waals surface area contributed by atoms with Gasteiger partial charge in [-0.05, 0) is 62.6 Å². The standard InChI is InChI=1S/C25H29N5O4/c1-34-21-4-2-3-19-18(21)12-20(29-19)25(33)30-17-7-5-14(6-8-17)22(30)24(32)28-16(13-26)11-15-9-10-27-23(15)31/h2-4,12,14-17,22,29H,5-11H2,1H3,(H,27,31)(H,28,32)/t14?,15-,16+,17?,22-/m0/s1. The number of piperidine rings is 2. The fraction of sp³-hybridized carbons (Fsp3) is 0.520. The molecule has 1 aliphatic carbocycles. The lowest BCUT2D eigenvalue weighted by Crippen LogP contribution is -2.63. The minimum absolute atomic E-state index is 0.0114. The second-order valence-corrected chi connectivity index (χ2v) is 9.53. The molecule has 2 bridgehead atoms. The molecule has 3 atom stereocenters. The van der Waals surface area contributed by atoms with E-state index in [-0.39, 0.29) is 42.0 Å². The Hall–Kier alpha value is -3.54. The summed E-state index contributed by atoms with van der Waals surface area (Å²) in [6.07, 6.45) is 4.45. The lowest BCUT2D eigenvalue weighted by Gasteiger charge is -2.50. The minimum Gasteiger partial charge on any atom is -0.496 e. The summed E-state index contributed by atoms with van der Waals surface area (Å²) in [4.78, 5) is 44.0. The SMILES string of the molecule is COc1cccc2[nH]c(C(=O)N3C4CCC(CC4)[C@H]3C(=O)N[C@@H](C#N)C[C@@H]3CCNC3=O)cc12. The van der Waals surface area contributed by atoms with Gasteiger partial charge in [0.05, 0.1) is 13.2 Å². The fourth-order valence-corrected chi connectivity index (χ4v) is 5.90. The molecular weight excluding hydrogens is 434 g/mol. The molecule has 0 unspecified atom stereocenters. The average molecular weight is 464 g/mol. The van der Waals surface area contributed by atoms with Crippen molar-refractivity contribution in [3.8, 4) is 11.8 Å². The maximum atomic E-state index is 13.7. The molecule has 4 aliphatic rings. The number of carbonyl (C=O) groups is 3. The molecule has 0 radical (unpaired) electrons. The molecule has 3 N–H and O–H groups in total. The van der Waals surface area contributed by atoms with Crippen molar-refractivity contribution in [1.29, 1.82) is 5.26 Å². The van der Waals surface area contributed by atoms with E-state index in [0.717, 1.165) is 36.6 Å². The van der Waals surface area contributed by atoms with Crippen LogP contribution < -0.4 is 15.4 Å². The Labute approximate surface area is 197 Å². The first-order valence-corrected chi connectivity index (χ1v) is 12.0. The van der Waals surface area contributed by atoms with Crippen LogP contribution in [0.5, 0.6) is 5.75 Å². The Morgan fingerprint density at radius 1 is 1.26 bits per heavy atom. The average Bonchev–Trinajstić information content (AvgIpc) is 3.49. The van der Waals surface area contributed by atoms with Crippen molar-refractivity contribution in [2.24, 2.45) is 11.8 Å². The van der Waals surface area contributed by atoms with E-state index in [1.54, 1.807) is 18.1 Å². The van der Waals surface area contributed by atoms with Crippen molar-refractivity contribution in [2.75, 3.05) is 13.7 Å². The lowest BCUT2D eigenvalue weighted by atomic mass is 9.74. The number of benzene rings is 1. The summed E-state index contributed by atoms with van der Waals surface area (Å²) in [7, 11) is 1.59. The molecule has 34 heavy (non-hydrogen) atoms. The Kier molecular flexibility index (Phi) is 5.90. The molecule has 1 aromatic carbocycles. The van der Waals surface area contributed by atoms with Gasteiger partial charge >= 0.3 is 0 Å². The van der Waals surface area contributed by atoms with E-state index in [9.17, 15) is 19.6 Å². The number of hydrogen-bond acceptors (Lipinski definition) is 5. The van der Waals surface area contributed by atoms with Crippen LogP contribution in [-0.4, -0.2) is 59.4 Å². The second kappa shape index (κ2) is 9.01. The molecule has 3 saturated heterocycles. The Morgan fingerprint density at radius 2 is 2.06 bits per heavy atom. The zero-order chi connectivity index (χ0) is 23.8. The van der Waals surface area contributed by atoms with Gasteiger partial charge in [-0.1, -0.05) is 6.07 Å². The number of nitrogens with zero attached hydrogens (tertiary/aromatic N) is 2. The van der Waals surface area contributed by atoms with E-state index in [2.05, 4.69) is 21.7 Å². The van der Waals surface area contributed by atoms with Gasteiger partial charge in [-0.3, -0.25) is 14.4 Å². The van der Waals surface area contributed by atoms with Gasteiger partial charge in [0.15, 0.2) is 0 Å². The molecule has 0 spiro atoms. The first kappa shape index (κ1) is 22.3. The number of hydrogen-bond donors (Lipinski definition) is 3. The van der Waals surface area contributed by atoms with Gasteiger partial charge in [-0.25, -0.2) is 0 Å². The van der Waals surface area contributed by atoms with Crippen LogP contribution in [0.1, 0.15) is 49.0 Å². The summed E-state index contributed by atoms with van der Waals surface area (Å²) in [6, 6.07) is 8.10. The summed E-state index contributed by atoms with van der Waals surface area (Å²) >= 11 is 0. The Bertz CT molecular complexity index is 1160. The lowest BCUT2D eigenvalue weighted by molar-refractivity contribution is -0.133. The van der Waals surface area contributed by atoms with Crippen LogP contribution in [0, 0.1) is 23.2 Å². The highest BCUT2D eigenvalue weighted by Crippen LogP contribution is 2.41. The number of nitrogens with one attached hydrogen (secondary N) is 3. The van der Waals surface area contributed by atoms with Gasteiger partial charge in [0.2, 0.25) is 11.8 Å². The molecule has 3 aliphatic heterocycles. The molecule has 4 fully saturated rings. The van der Waals surface area contributed by atoms with Gasteiger partial charge in [0.1, 0.15) is 23.5 Å². The molecule has 9 nitrogen and oxygen atoms in total. The summed E-state index contributed by atoms with van der Waals surface area (Å²) in [5, 5.41) is 16.1. The fourth-order valence-electron chi connectivity index (χ4n) is 5.90. The van der Waals surface area contributed by atoms with Crippen molar-refractivity contribution in [3.63, 3.8) is 0 Å². The van der Waals surface area contributed by atoms with E-state index >= 15 is 0 Å². The Morgan fingerprint density at radius 3 is 2.74 bits per heavy atom. The van der Waals surface area contributed by atoms with Crippen molar-refractivity contribution in [2.45, 2.75) is 56.7 Å². The molecule has 178 valence electrons. The topological polar surface area (TPSA) is 127 Å². The van der Waals surface area contributed by atoms with Crippen LogP contribution in [-0.2, 0) is 9.59 Å². The normalized spacial score (nSPS) is 26.7. The van der Waals surface area contributed by atoms with Gasteiger partial charge < -0.3 is 25.3 Å². The highest BCUT2D eigenvalue weighted by molar-refractivity contribution is 6.02. The monoisotopic (exact) mass is 463 g/mol. The molecule has 9 heteroatoms. The maximum Gasteiger partial charge on any atom is 0.271 e. The van der Waals surface area contributed by atoms with Crippen LogP contribution >= 0.6 is 0 Å². The number of amides is 3. The van der Waals surface area contributed by atoms with E-state index in [0.29, 0.717) is 24.4 Å². The quantitative estimate of drug-likeness (QED) is 0.605. The van der Waals surface area contributed by atoms with Gasteiger partial charge in [-0.2, -0.15) is 5.26 Å². The number of rotatable bonds is 6. The van der Waals surface area contributed by atoms with Crippen LogP contribution in [0.15, 0.2) is 24.3 Å². The van der Waals surface area contributed by atoms with E-state index in [1.807, 2.05) is 18.2 Å². The predicted octanol–water partition coefficient (Wildman–Crippen LogP) is 2.09. The molecule has 1 aromatic heterocycles. The van der Waals surface area contributed by atoms with Crippen molar-refractivity contribution in [3.05, 3.63) is 30.0 Å². The third kappa shape index (κ3) is 3.87. The van der Waals surface area contributed by atoms with Crippen molar-refractivity contribution < 1.29 is 19.1 Å². The summed E-state index contributed by atoms with van der Waals surface area (Å²) in [5.74, 6) is -0.126. The number of aromatic amines is 1. The maximum absolute atomic E-state index is 13.7. The number of carbonyl (C=O) groups excluding carboxylic acids is 3. The van der Waals surface area contributed by atoms with Gasteiger partial charge in [0.25, 0.3) is 5.91 Å². The molecule has 1 saturated carbocycles. The molecule has 3 amide bonds. The van der Waals surface area contributed by atoms with E-state index in [4.69, 9.17) is 4.74 Å². The van der Waals surface area contributed by atoms with Crippen LogP contribution in [0.25, 0.3) is 10.9 Å². The smallest absolute Gasteiger partial charge is 0.271 e. The van der Waals surface area contributed by atoms with E-state index < -0.39 is 12.1 Å². The van der Waals surface area contributed by atoms with Crippen molar-refractivity contribution >= 4 is 28.6 Å². The number of fused-ring (bicyclic) bond motifs is 4. The van der Waals surface area contributed by atoms with Gasteiger partial charge in [0, 0.05) is 29.4 Å². The molecule has 4 heterocycles. The zero-order valence-corrected chi connectivity index (χ0v) is 19.2. The molecule has 2 aromatic rings. The Balaban J connectivity index is 1.38.